The summed E-state index contributed by atoms with van der Waals surface area (Å²) in [5.74, 6) is -0.320. The number of carbonyl (C=O) groups excluding carboxylic acids is 1. The highest BCUT2D eigenvalue weighted by Crippen LogP contribution is 2.07. The summed E-state index contributed by atoms with van der Waals surface area (Å²) >= 11 is 0. The summed E-state index contributed by atoms with van der Waals surface area (Å²) in [4.78, 5) is 13.0. The van der Waals surface area contributed by atoms with E-state index in [1.165, 1.54) is 7.11 Å². The van der Waals surface area contributed by atoms with Crippen LogP contribution in [0.5, 0.6) is 0 Å². The zero-order chi connectivity index (χ0) is 23.8. The summed E-state index contributed by atoms with van der Waals surface area (Å²) in [6.07, 6.45) is 2.29. The monoisotopic (exact) mass is 451 g/mol. The molecule has 9 nitrogen and oxygen atoms in total. The van der Waals surface area contributed by atoms with Crippen LogP contribution in [0.15, 0.2) is 54.8 Å². The van der Waals surface area contributed by atoms with Gasteiger partial charge in [-0.25, -0.2) is 10.9 Å². The lowest BCUT2D eigenvalue weighted by Crippen LogP contribution is -2.54. The summed E-state index contributed by atoms with van der Waals surface area (Å²) < 4.78 is 21.1. The number of ether oxygens (including phenoxy) is 4. The van der Waals surface area contributed by atoms with Gasteiger partial charge in [0.1, 0.15) is 12.8 Å². The van der Waals surface area contributed by atoms with Gasteiger partial charge in [0.25, 0.3) is 0 Å². The van der Waals surface area contributed by atoms with Crippen LogP contribution in [0, 0.1) is 0 Å². The average molecular weight is 452 g/mol. The second-order valence-corrected chi connectivity index (χ2v) is 7.89. The van der Waals surface area contributed by atoms with Crippen LogP contribution in [0.2, 0.25) is 0 Å². The zero-order valence-electron chi connectivity index (χ0n) is 19.4. The van der Waals surface area contributed by atoms with Crippen LogP contribution in [-0.4, -0.2) is 62.8 Å². The van der Waals surface area contributed by atoms with E-state index in [1.54, 1.807) is 12.2 Å². The second-order valence-electron chi connectivity index (χ2n) is 7.89. The Kier molecular flexibility index (Phi) is 13.7. The molecule has 0 radical (unpaired) electrons. The lowest BCUT2D eigenvalue weighted by atomic mass is 10.1. The van der Waals surface area contributed by atoms with Crippen molar-refractivity contribution in [1.29, 1.82) is 0 Å². The molecule has 0 aromatic heterocycles. The van der Waals surface area contributed by atoms with Crippen LogP contribution in [0.1, 0.15) is 26.3 Å². The van der Waals surface area contributed by atoms with Crippen molar-refractivity contribution in [3.8, 4) is 0 Å². The van der Waals surface area contributed by atoms with Gasteiger partial charge >= 0.3 is 0 Å². The van der Waals surface area contributed by atoms with E-state index in [4.69, 9.17) is 18.9 Å². The first-order chi connectivity index (χ1) is 15.2. The molecule has 0 aliphatic carbocycles. The molecule has 0 fully saturated rings. The van der Waals surface area contributed by atoms with Crippen LogP contribution < -0.4 is 16.2 Å². The Bertz CT molecular complexity index is 691. The molecule has 0 bridgehead atoms. The number of aliphatic hydroxyl groups is 1. The Morgan fingerprint density at radius 3 is 2.53 bits per heavy atom. The van der Waals surface area contributed by atoms with Crippen molar-refractivity contribution in [1.82, 2.24) is 16.2 Å². The van der Waals surface area contributed by atoms with Gasteiger partial charge in [-0.15, -0.1) is 0 Å². The minimum Gasteiger partial charge on any atom is -0.382 e. The summed E-state index contributed by atoms with van der Waals surface area (Å²) in [7, 11) is 1.54. The average Bonchev–Trinajstić information content (AvgIpc) is 2.74. The molecular weight excluding hydrogens is 414 g/mol. The molecule has 0 aliphatic heterocycles. The van der Waals surface area contributed by atoms with E-state index in [0.29, 0.717) is 18.7 Å². The molecule has 1 unspecified atom stereocenters. The van der Waals surface area contributed by atoms with Gasteiger partial charge in [-0.1, -0.05) is 43.0 Å². The largest absolute Gasteiger partial charge is 0.382 e. The summed E-state index contributed by atoms with van der Waals surface area (Å²) in [6.45, 7) is 10.2. The third-order valence-electron chi connectivity index (χ3n) is 3.98. The Hall–Kier alpha value is -2.11. The number of hydrogen-bond donors (Lipinski definition) is 4. The summed E-state index contributed by atoms with van der Waals surface area (Å²) in [6, 6.07) is 8.82. The number of amides is 1. The van der Waals surface area contributed by atoms with Crippen LogP contribution in [0.25, 0.3) is 0 Å². The van der Waals surface area contributed by atoms with Gasteiger partial charge in [0.15, 0.2) is 0 Å². The van der Waals surface area contributed by atoms with Crippen LogP contribution in [0.3, 0.4) is 0 Å². The maximum absolute atomic E-state index is 13.0. The number of nitrogens with one attached hydrogen (secondary N) is 3. The maximum Gasteiger partial charge on any atom is 0.243 e. The van der Waals surface area contributed by atoms with Gasteiger partial charge in [-0.3, -0.25) is 4.79 Å². The summed E-state index contributed by atoms with van der Waals surface area (Å²) in [5.41, 5.74) is 6.57. The first kappa shape index (κ1) is 27.9. The van der Waals surface area contributed by atoms with E-state index in [2.05, 4.69) is 22.7 Å². The Labute approximate surface area is 190 Å². The normalized spacial score (nSPS) is 14.1. The van der Waals surface area contributed by atoms with Gasteiger partial charge in [0, 0.05) is 12.8 Å². The van der Waals surface area contributed by atoms with Gasteiger partial charge in [0.2, 0.25) is 12.3 Å². The van der Waals surface area contributed by atoms with Crippen LogP contribution in [-0.2, 0) is 30.2 Å². The van der Waals surface area contributed by atoms with Gasteiger partial charge in [-0.05, 0) is 38.8 Å². The molecule has 1 aromatic rings. The highest BCUT2D eigenvalue weighted by molar-refractivity contribution is 5.83. The van der Waals surface area contributed by atoms with Crippen molar-refractivity contribution in [2.24, 2.45) is 0 Å². The van der Waals surface area contributed by atoms with E-state index >= 15 is 0 Å². The highest BCUT2D eigenvalue weighted by atomic mass is 16.7. The van der Waals surface area contributed by atoms with Crippen LogP contribution >= 0.6 is 0 Å². The first-order valence-electron chi connectivity index (χ1n) is 10.4. The predicted octanol–water partition coefficient (Wildman–Crippen LogP) is 1.61. The number of benzene rings is 1. The second kappa shape index (κ2) is 15.7. The fourth-order valence-electron chi connectivity index (χ4n) is 2.40. The molecule has 1 rings (SSSR count). The Balaban J connectivity index is 2.72. The van der Waals surface area contributed by atoms with Gasteiger partial charge in [0.05, 0.1) is 25.4 Å². The van der Waals surface area contributed by atoms with Crippen molar-refractivity contribution in [2.45, 2.75) is 45.2 Å². The molecule has 2 atom stereocenters. The van der Waals surface area contributed by atoms with Crippen molar-refractivity contribution in [2.75, 3.05) is 33.7 Å². The van der Waals surface area contributed by atoms with Gasteiger partial charge < -0.3 is 29.4 Å². The van der Waals surface area contributed by atoms with Crippen molar-refractivity contribution < 1.29 is 28.8 Å². The van der Waals surface area contributed by atoms with Crippen molar-refractivity contribution >= 4 is 5.91 Å². The minimum absolute atomic E-state index is 0.0894. The molecule has 0 saturated heterocycles. The molecule has 0 aliphatic rings. The van der Waals surface area contributed by atoms with E-state index in [9.17, 15) is 9.90 Å². The number of hydrazine groups is 1. The first-order valence-corrected chi connectivity index (χ1v) is 10.4. The van der Waals surface area contributed by atoms with Crippen LogP contribution in [0.4, 0.5) is 0 Å². The smallest absolute Gasteiger partial charge is 0.243 e. The minimum atomic E-state index is -1.31. The summed E-state index contributed by atoms with van der Waals surface area (Å²) in [5, 5.41) is 12.7. The molecule has 9 heteroatoms. The van der Waals surface area contributed by atoms with Gasteiger partial charge in [-0.2, -0.15) is 0 Å². The van der Waals surface area contributed by atoms with Crippen molar-refractivity contribution in [3.05, 3.63) is 60.3 Å². The molecular formula is C23H37N3O6. The molecule has 0 spiro atoms. The number of hydrogen-bond acceptors (Lipinski definition) is 8. The highest BCUT2D eigenvalue weighted by Gasteiger charge is 2.21. The number of allylic oxidation sites excluding steroid dienone is 2. The molecule has 0 saturated carbocycles. The van der Waals surface area contributed by atoms with E-state index < -0.39 is 12.5 Å². The molecule has 32 heavy (non-hydrogen) atoms. The van der Waals surface area contributed by atoms with E-state index in [0.717, 1.165) is 5.56 Å². The third kappa shape index (κ3) is 13.3. The molecule has 1 amide bonds. The fraction of sp³-hybridized carbons (Fsp3) is 0.522. The molecule has 180 valence electrons. The number of aliphatic hydroxyl groups excluding tert-OH is 1. The SMILES string of the molecule is C=C/C=C(\COCOC(C)(C)C)NC(=O)[C@H](Cc1ccccc1)NNC(O)OCCOC. The predicted molar refractivity (Wildman–Crippen MR) is 122 cm³/mol. The standard InChI is InChI=1S/C23H37N3O6/c1-6-10-19(16-30-17-32-23(2,3)4)24-21(27)20(15-18-11-8-7-9-12-18)25-26-22(28)31-14-13-29-5/h6-12,20,22,25-26,28H,1,13-17H2,2-5H3,(H,24,27)/b19-10+/t20-,22?/m0/s1. The zero-order valence-corrected chi connectivity index (χ0v) is 19.4. The molecule has 1 aromatic carbocycles. The van der Waals surface area contributed by atoms with E-state index in [1.807, 2.05) is 51.1 Å². The van der Waals surface area contributed by atoms with E-state index in [-0.39, 0.29) is 31.5 Å². The topological polar surface area (TPSA) is 110 Å². The maximum atomic E-state index is 13.0. The lowest BCUT2D eigenvalue weighted by Gasteiger charge is -2.23. The Morgan fingerprint density at radius 2 is 1.91 bits per heavy atom. The van der Waals surface area contributed by atoms with Crippen molar-refractivity contribution in [3.63, 3.8) is 0 Å². The lowest BCUT2D eigenvalue weighted by molar-refractivity contribution is -0.141. The molecule has 4 N–H and O–H groups in total. The fourth-order valence-corrected chi connectivity index (χ4v) is 2.40. The quantitative estimate of drug-likeness (QED) is 0.130. The number of carbonyl (C=O) groups is 1. The number of rotatable bonds is 16. The molecule has 0 heterocycles. The number of methoxy groups -OCH3 is 1. The Morgan fingerprint density at radius 1 is 1.19 bits per heavy atom. The third-order valence-corrected chi connectivity index (χ3v) is 3.98.